The number of benzene rings is 2. The summed E-state index contributed by atoms with van der Waals surface area (Å²) in [5.41, 5.74) is 2.10. The molecule has 0 bridgehead atoms. The molecule has 1 aliphatic heterocycles. The Kier molecular flexibility index (Phi) is 8.46. The summed E-state index contributed by atoms with van der Waals surface area (Å²) >= 11 is 0. The Labute approximate surface area is 194 Å². The predicted octanol–water partition coefficient (Wildman–Crippen LogP) is 2.58. The zero-order chi connectivity index (χ0) is 23.8. The molecule has 0 saturated heterocycles. The summed E-state index contributed by atoms with van der Waals surface area (Å²) in [6.45, 7) is 1.84. The Hall–Kier alpha value is -3.36. The lowest BCUT2D eigenvalue weighted by Gasteiger charge is -2.25. The number of imide groups is 1. The number of ether oxygens (including phenoxy) is 4. The van der Waals surface area contributed by atoms with Crippen molar-refractivity contribution in [2.24, 2.45) is 0 Å². The van der Waals surface area contributed by atoms with Crippen LogP contribution in [0.15, 0.2) is 54.2 Å². The molecule has 0 aliphatic carbocycles. The molecule has 176 valence electrons. The maximum Gasteiger partial charge on any atom is 0.278 e. The highest BCUT2D eigenvalue weighted by Gasteiger charge is 2.41. The first-order chi connectivity index (χ1) is 16.0. The van der Waals surface area contributed by atoms with Gasteiger partial charge in [0.1, 0.15) is 5.70 Å². The van der Waals surface area contributed by atoms with Crippen molar-refractivity contribution in [1.29, 1.82) is 0 Å². The minimum Gasteiger partial charge on any atom is -0.493 e. The number of amides is 2. The van der Waals surface area contributed by atoms with Gasteiger partial charge in [0.05, 0.1) is 39.6 Å². The smallest absolute Gasteiger partial charge is 0.278 e. The Bertz CT molecular complexity index is 997. The molecule has 0 fully saturated rings. The van der Waals surface area contributed by atoms with Crippen molar-refractivity contribution in [2.45, 2.75) is 6.54 Å². The first-order valence-corrected chi connectivity index (χ1v) is 10.6. The zero-order valence-corrected chi connectivity index (χ0v) is 19.5. The van der Waals surface area contributed by atoms with Crippen molar-refractivity contribution in [3.63, 3.8) is 0 Å². The average molecular weight is 455 g/mol. The van der Waals surface area contributed by atoms with Gasteiger partial charge in [-0.05, 0) is 23.3 Å². The van der Waals surface area contributed by atoms with Crippen LogP contribution >= 0.6 is 0 Å². The SMILES string of the molecule is COCCN(CCOC)C1=C(c2ccc(OC)c(OC)c2)C(=O)N(Cc2ccccc2)C1=O. The van der Waals surface area contributed by atoms with Gasteiger partial charge in [-0.1, -0.05) is 36.4 Å². The molecule has 0 N–H and O–H groups in total. The van der Waals surface area contributed by atoms with Crippen molar-refractivity contribution < 1.29 is 28.5 Å². The second-order valence-electron chi connectivity index (χ2n) is 7.45. The van der Waals surface area contributed by atoms with Crippen LogP contribution in [0.3, 0.4) is 0 Å². The highest BCUT2D eigenvalue weighted by molar-refractivity contribution is 6.35. The van der Waals surface area contributed by atoms with Gasteiger partial charge in [-0.2, -0.15) is 0 Å². The van der Waals surface area contributed by atoms with E-state index in [1.54, 1.807) is 39.5 Å². The van der Waals surface area contributed by atoms with Crippen LogP contribution in [0.2, 0.25) is 0 Å². The molecule has 8 heteroatoms. The van der Waals surface area contributed by atoms with Crippen LogP contribution in [0.25, 0.3) is 5.57 Å². The van der Waals surface area contributed by atoms with E-state index in [1.807, 2.05) is 35.2 Å². The number of nitrogens with zero attached hydrogens (tertiary/aromatic N) is 2. The molecular weight excluding hydrogens is 424 g/mol. The average Bonchev–Trinajstić information content (AvgIpc) is 3.09. The lowest BCUT2D eigenvalue weighted by atomic mass is 10.0. The van der Waals surface area contributed by atoms with Crippen molar-refractivity contribution >= 4 is 17.4 Å². The standard InChI is InChI=1S/C25H30N2O6/c1-30-14-12-26(13-15-31-2)23-22(19-10-11-20(32-3)21(16-19)33-4)24(28)27(25(23)29)17-18-8-6-5-7-9-18/h5-11,16H,12-15,17H2,1-4H3. The lowest BCUT2D eigenvalue weighted by Crippen LogP contribution is -2.37. The van der Waals surface area contributed by atoms with E-state index in [0.29, 0.717) is 54.6 Å². The van der Waals surface area contributed by atoms with Crippen molar-refractivity contribution in [3.05, 3.63) is 65.4 Å². The van der Waals surface area contributed by atoms with Crippen molar-refractivity contribution in [2.75, 3.05) is 54.7 Å². The van der Waals surface area contributed by atoms with Gasteiger partial charge in [-0.15, -0.1) is 0 Å². The van der Waals surface area contributed by atoms with E-state index in [4.69, 9.17) is 18.9 Å². The fourth-order valence-electron chi connectivity index (χ4n) is 3.76. The Morgan fingerprint density at radius 2 is 1.42 bits per heavy atom. The van der Waals surface area contributed by atoms with E-state index in [-0.39, 0.29) is 18.4 Å². The molecule has 1 aliphatic rings. The Balaban J connectivity index is 2.09. The Morgan fingerprint density at radius 1 is 0.788 bits per heavy atom. The van der Waals surface area contributed by atoms with Crippen LogP contribution in [-0.2, 0) is 25.6 Å². The largest absolute Gasteiger partial charge is 0.493 e. The second kappa shape index (κ2) is 11.5. The van der Waals surface area contributed by atoms with E-state index in [9.17, 15) is 9.59 Å². The fourth-order valence-corrected chi connectivity index (χ4v) is 3.76. The molecule has 3 rings (SSSR count). The van der Waals surface area contributed by atoms with Crippen LogP contribution in [0.1, 0.15) is 11.1 Å². The third-order valence-electron chi connectivity index (χ3n) is 5.45. The predicted molar refractivity (Wildman–Crippen MR) is 124 cm³/mol. The number of hydrogen-bond donors (Lipinski definition) is 0. The molecule has 0 saturated carbocycles. The minimum atomic E-state index is -0.356. The molecule has 0 spiro atoms. The molecule has 0 unspecified atom stereocenters. The monoisotopic (exact) mass is 454 g/mol. The van der Waals surface area contributed by atoms with Crippen molar-refractivity contribution in [3.8, 4) is 11.5 Å². The maximum atomic E-state index is 13.6. The number of rotatable bonds is 12. The minimum absolute atomic E-state index is 0.182. The maximum absolute atomic E-state index is 13.6. The first kappa shape index (κ1) is 24.3. The van der Waals surface area contributed by atoms with Gasteiger partial charge in [0.15, 0.2) is 11.5 Å². The van der Waals surface area contributed by atoms with E-state index >= 15 is 0 Å². The molecule has 2 amide bonds. The number of carbonyl (C=O) groups is 2. The quantitative estimate of drug-likeness (QED) is 0.456. The highest BCUT2D eigenvalue weighted by atomic mass is 16.5. The molecule has 33 heavy (non-hydrogen) atoms. The van der Waals surface area contributed by atoms with E-state index in [2.05, 4.69) is 0 Å². The number of methoxy groups -OCH3 is 4. The Morgan fingerprint density at radius 3 is 2.00 bits per heavy atom. The fraction of sp³-hybridized carbons (Fsp3) is 0.360. The highest BCUT2D eigenvalue weighted by Crippen LogP contribution is 2.36. The van der Waals surface area contributed by atoms with Gasteiger partial charge in [-0.3, -0.25) is 14.5 Å². The van der Waals surface area contributed by atoms with Gasteiger partial charge >= 0.3 is 0 Å². The molecule has 0 atom stereocenters. The van der Waals surface area contributed by atoms with Gasteiger partial charge < -0.3 is 23.8 Å². The first-order valence-electron chi connectivity index (χ1n) is 10.6. The van der Waals surface area contributed by atoms with Gasteiger partial charge in [0, 0.05) is 27.3 Å². The van der Waals surface area contributed by atoms with E-state index < -0.39 is 0 Å². The summed E-state index contributed by atoms with van der Waals surface area (Å²) in [5.74, 6) is 0.313. The van der Waals surface area contributed by atoms with Crippen LogP contribution in [0.5, 0.6) is 11.5 Å². The molecular formula is C25H30N2O6. The second-order valence-corrected chi connectivity index (χ2v) is 7.45. The van der Waals surface area contributed by atoms with Crippen LogP contribution < -0.4 is 9.47 Å². The zero-order valence-electron chi connectivity index (χ0n) is 19.5. The molecule has 2 aromatic carbocycles. The summed E-state index contributed by atoms with van der Waals surface area (Å²) in [6, 6.07) is 14.7. The van der Waals surface area contributed by atoms with Crippen molar-refractivity contribution in [1.82, 2.24) is 9.80 Å². The lowest BCUT2D eigenvalue weighted by molar-refractivity contribution is -0.138. The van der Waals surface area contributed by atoms with E-state index in [0.717, 1.165) is 5.56 Å². The summed E-state index contributed by atoms with van der Waals surface area (Å²) in [5, 5.41) is 0. The van der Waals surface area contributed by atoms with E-state index in [1.165, 1.54) is 12.0 Å². The van der Waals surface area contributed by atoms with Crippen LogP contribution in [-0.4, -0.2) is 76.4 Å². The van der Waals surface area contributed by atoms with Gasteiger partial charge in [0.25, 0.3) is 11.8 Å². The van der Waals surface area contributed by atoms with Crippen LogP contribution in [0, 0.1) is 0 Å². The van der Waals surface area contributed by atoms with Crippen LogP contribution in [0.4, 0.5) is 0 Å². The van der Waals surface area contributed by atoms with Gasteiger partial charge in [0.2, 0.25) is 0 Å². The normalized spacial score (nSPS) is 13.6. The third-order valence-corrected chi connectivity index (χ3v) is 5.45. The number of carbonyl (C=O) groups excluding carboxylic acids is 2. The summed E-state index contributed by atoms with van der Waals surface area (Å²) in [4.78, 5) is 30.4. The summed E-state index contributed by atoms with van der Waals surface area (Å²) < 4.78 is 21.3. The third kappa shape index (κ3) is 5.35. The molecule has 1 heterocycles. The summed E-state index contributed by atoms with van der Waals surface area (Å²) in [7, 11) is 6.28. The molecule has 0 aromatic heterocycles. The number of hydrogen-bond acceptors (Lipinski definition) is 7. The molecule has 2 aromatic rings. The summed E-state index contributed by atoms with van der Waals surface area (Å²) in [6.07, 6.45) is 0. The van der Waals surface area contributed by atoms with Gasteiger partial charge in [-0.25, -0.2) is 0 Å². The molecule has 8 nitrogen and oxygen atoms in total. The molecule has 0 radical (unpaired) electrons. The topological polar surface area (TPSA) is 77.5 Å².